The molecule has 0 atom stereocenters. The van der Waals surface area contributed by atoms with Gasteiger partial charge in [-0.25, -0.2) is 4.98 Å². The van der Waals surface area contributed by atoms with Gasteiger partial charge in [0.1, 0.15) is 0 Å². The van der Waals surface area contributed by atoms with Crippen molar-refractivity contribution < 1.29 is 0 Å². The molecule has 15 heavy (non-hydrogen) atoms. The van der Waals surface area contributed by atoms with E-state index >= 15 is 0 Å². The summed E-state index contributed by atoms with van der Waals surface area (Å²) in [6.45, 7) is 2.17. The Balaban J connectivity index is 2.43. The molecule has 0 aliphatic rings. The molecule has 0 aliphatic heterocycles. The summed E-state index contributed by atoms with van der Waals surface area (Å²) in [6.07, 6.45) is 0. The first-order chi connectivity index (χ1) is 7.20. The number of hydrogen-bond donors (Lipinski definition) is 0. The van der Waals surface area contributed by atoms with Crippen LogP contribution in [0.15, 0.2) is 23.1 Å². The minimum atomic E-state index is 1.07. The van der Waals surface area contributed by atoms with Gasteiger partial charge < -0.3 is 4.90 Å². The van der Waals surface area contributed by atoms with Crippen molar-refractivity contribution in [3.05, 3.63) is 18.2 Å². The number of hydrogen-bond acceptors (Lipinski definition) is 4. The van der Waals surface area contributed by atoms with Gasteiger partial charge in [-0.15, -0.1) is 11.8 Å². The number of nitrogens with zero attached hydrogens (tertiary/aromatic N) is 2. The summed E-state index contributed by atoms with van der Waals surface area (Å²) in [5, 5.41) is 1.07. The lowest BCUT2D eigenvalue weighted by Gasteiger charge is -2.04. The molecule has 1 aromatic heterocycles. The second kappa shape index (κ2) is 4.41. The van der Waals surface area contributed by atoms with E-state index in [1.54, 1.807) is 11.3 Å². The minimum absolute atomic E-state index is 1.07. The summed E-state index contributed by atoms with van der Waals surface area (Å²) < 4.78 is 1.28. The van der Waals surface area contributed by atoms with Gasteiger partial charge in [-0.2, -0.15) is 0 Å². The van der Waals surface area contributed by atoms with Crippen molar-refractivity contribution in [2.24, 2.45) is 0 Å². The van der Waals surface area contributed by atoms with E-state index in [0.29, 0.717) is 0 Å². The van der Waals surface area contributed by atoms with Crippen LogP contribution in [0.5, 0.6) is 0 Å². The number of aromatic nitrogens is 1. The quantitative estimate of drug-likeness (QED) is 0.762. The molecule has 0 saturated heterocycles. The molecule has 1 heterocycles. The van der Waals surface area contributed by atoms with Crippen LogP contribution in [-0.2, 0) is 0 Å². The van der Waals surface area contributed by atoms with Crippen LogP contribution in [0, 0.1) is 0 Å². The molecule has 0 radical (unpaired) electrons. The Morgan fingerprint density at radius 1 is 1.40 bits per heavy atom. The maximum Gasteiger partial charge on any atom is 0.185 e. The number of thiazole rings is 1. The van der Waals surface area contributed by atoms with Gasteiger partial charge in [-0.05, 0) is 24.0 Å². The summed E-state index contributed by atoms with van der Waals surface area (Å²) in [6, 6.07) is 6.49. The van der Waals surface area contributed by atoms with Gasteiger partial charge >= 0.3 is 0 Å². The van der Waals surface area contributed by atoms with Crippen molar-refractivity contribution in [2.75, 3.05) is 24.7 Å². The molecule has 0 unspecified atom stereocenters. The lowest BCUT2D eigenvalue weighted by atomic mass is 10.3. The molecular formula is C11H14N2S2. The van der Waals surface area contributed by atoms with Crippen LogP contribution in [0.25, 0.3) is 10.2 Å². The van der Waals surface area contributed by atoms with Crippen LogP contribution in [0.2, 0.25) is 0 Å². The average Bonchev–Trinajstić information content (AvgIpc) is 2.61. The van der Waals surface area contributed by atoms with E-state index in [1.165, 1.54) is 9.60 Å². The van der Waals surface area contributed by atoms with E-state index in [0.717, 1.165) is 16.4 Å². The van der Waals surface area contributed by atoms with Crippen LogP contribution in [0.1, 0.15) is 6.92 Å². The highest BCUT2D eigenvalue weighted by Crippen LogP contribution is 2.30. The van der Waals surface area contributed by atoms with Crippen LogP contribution < -0.4 is 4.90 Å². The molecular weight excluding hydrogens is 224 g/mol. The second-order valence-corrected chi connectivity index (χ2v) is 5.80. The van der Waals surface area contributed by atoms with Gasteiger partial charge in [0, 0.05) is 19.0 Å². The highest BCUT2D eigenvalue weighted by Gasteiger charge is 2.05. The van der Waals surface area contributed by atoms with E-state index < -0.39 is 0 Å². The zero-order chi connectivity index (χ0) is 10.8. The van der Waals surface area contributed by atoms with E-state index in [4.69, 9.17) is 0 Å². The predicted octanol–water partition coefficient (Wildman–Crippen LogP) is 3.47. The van der Waals surface area contributed by atoms with Crippen molar-refractivity contribution in [2.45, 2.75) is 11.8 Å². The maximum absolute atomic E-state index is 4.55. The van der Waals surface area contributed by atoms with Crippen LogP contribution in [-0.4, -0.2) is 24.8 Å². The standard InChI is InChI=1S/C11H14N2S2/c1-4-14-8-5-6-9-10(7-8)15-11(12-9)13(2)3/h5-7H,4H2,1-3H3. The summed E-state index contributed by atoms with van der Waals surface area (Å²) in [7, 11) is 4.05. The van der Waals surface area contributed by atoms with E-state index in [9.17, 15) is 0 Å². The highest BCUT2D eigenvalue weighted by molar-refractivity contribution is 7.99. The van der Waals surface area contributed by atoms with Crippen molar-refractivity contribution >= 4 is 38.4 Å². The Labute approximate surface area is 98.3 Å². The van der Waals surface area contributed by atoms with E-state index in [-0.39, 0.29) is 0 Å². The zero-order valence-corrected chi connectivity index (χ0v) is 10.8. The maximum atomic E-state index is 4.55. The lowest BCUT2D eigenvalue weighted by Crippen LogP contribution is -2.07. The fourth-order valence-corrected chi connectivity index (χ4v) is 3.04. The molecule has 0 spiro atoms. The van der Waals surface area contributed by atoms with Gasteiger partial charge in [-0.1, -0.05) is 18.3 Å². The molecule has 0 aliphatic carbocycles. The Hall–Kier alpha value is -0.740. The first-order valence-electron chi connectivity index (χ1n) is 4.91. The highest BCUT2D eigenvalue weighted by atomic mass is 32.2. The molecule has 0 amide bonds. The second-order valence-electron chi connectivity index (χ2n) is 3.45. The number of thioether (sulfide) groups is 1. The largest absolute Gasteiger partial charge is 0.354 e. The molecule has 2 nitrogen and oxygen atoms in total. The van der Waals surface area contributed by atoms with Gasteiger partial charge in [0.15, 0.2) is 5.13 Å². The van der Waals surface area contributed by atoms with Crippen molar-refractivity contribution in [1.82, 2.24) is 4.98 Å². The number of benzene rings is 1. The third-order valence-corrected chi connectivity index (χ3v) is 4.10. The molecule has 0 N–H and O–H groups in total. The van der Waals surface area contributed by atoms with Crippen LogP contribution in [0.3, 0.4) is 0 Å². The Morgan fingerprint density at radius 3 is 2.87 bits per heavy atom. The molecule has 80 valence electrons. The van der Waals surface area contributed by atoms with E-state index in [1.807, 2.05) is 25.9 Å². The molecule has 0 saturated carbocycles. The third-order valence-electron chi connectivity index (χ3n) is 2.04. The van der Waals surface area contributed by atoms with Crippen molar-refractivity contribution in [3.63, 3.8) is 0 Å². The Morgan fingerprint density at radius 2 is 2.20 bits per heavy atom. The normalized spacial score (nSPS) is 10.9. The summed E-state index contributed by atoms with van der Waals surface area (Å²) in [4.78, 5) is 7.93. The minimum Gasteiger partial charge on any atom is -0.354 e. The number of anilines is 1. The molecule has 0 bridgehead atoms. The third kappa shape index (κ3) is 2.26. The van der Waals surface area contributed by atoms with Gasteiger partial charge in [0.25, 0.3) is 0 Å². The van der Waals surface area contributed by atoms with Gasteiger partial charge in [-0.3, -0.25) is 0 Å². The molecule has 4 heteroatoms. The molecule has 0 fully saturated rings. The van der Waals surface area contributed by atoms with Crippen molar-refractivity contribution in [1.29, 1.82) is 0 Å². The van der Waals surface area contributed by atoms with Gasteiger partial charge in [0.05, 0.1) is 10.2 Å². The van der Waals surface area contributed by atoms with Crippen LogP contribution >= 0.6 is 23.1 Å². The average molecular weight is 238 g/mol. The molecule has 1 aromatic carbocycles. The molecule has 2 rings (SSSR count). The summed E-state index contributed by atoms with van der Waals surface area (Å²) in [5.74, 6) is 1.12. The fourth-order valence-electron chi connectivity index (χ4n) is 1.34. The van der Waals surface area contributed by atoms with Gasteiger partial charge in [0.2, 0.25) is 0 Å². The Kier molecular flexibility index (Phi) is 3.17. The summed E-state index contributed by atoms with van der Waals surface area (Å²) in [5.41, 5.74) is 1.10. The monoisotopic (exact) mass is 238 g/mol. The fraction of sp³-hybridized carbons (Fsp3) is 0.364. The predicted molar refractivity (Wildman–Crippen MR) is 70.3 cm³/mol. The van der Waals surface area contributed by atoms with Crippen molar-refractivity contribution in [3.8, 4) is 0 Å². The first kappa shape index (κ1) is 10.8. The first-order valence-corrected chi connectivity index (χ1v) is 6.71. The topological polar surface area (TPSA) is 16.1 Å². The van der Waals surface area contributed by atoms with E-state index in [2.05, 4.69) is 35.0 Å². The SMILES string of the molecule is CCSc1ccc2nc(N(C)C)sc2c1. The number of rotatable bonds is 3. The Bertz CT molecular complexity index is 463. The summed E-state index contributed by atoms with van der Waals surface area (Å²) >= 11 is 3.62. The van der Waals surface area contributed by atoms with Crippen LogP contribution in [0.4, 0.5) is 5.13 Å². The lowest BCUT2D eigenvalue weighted by molar-refractivity contribution is 1.11. The molecule has 2 aromatic rings. The zero-order valence-electron chi connectivity index (χ0n) is 9.15. The number of fused-ring (bicyclic) bond motifs is 1. The smallest absolute Gasteiger partial charge is 0.185 e.